The van der Waals surface area contributed by atoms with Crippen LogP contribution in [-0.4, -0.2) is 25.5 Å². The first-order valence-electron chi connectivity index (χ1n) is 7.27. The molecule has 0 atom stereocenters. The minimum atomic E-state index is -0.366. The molecule has 0 bridgehead atoms. The van der Waals surface area contributed by atoms with Crippen molar-refractivity contribution in [3.63, 3.8) is 0 Å². The Bertz CT molecular complexity index is 717. The first kappa shape index (κ1) is 17.4. The Balaban J connectivity index is 1.91. The second-order valence-corrected chi connectivity index (χ2v) is 4.97. The predicted molar refractivity (Wildman–Crippen MR) is 92.3 cm³/mol. The minimum absolute atomic E-state index is 0.118. The molecule has 2 aromatic carbocycles. The molecule has 0 unspecified atom stereocenters. The fourth-order valence-corrected chi connectivity index (χ4v) is 1.99. The lowest BCUT2D eigenvalue weighted by Gasteiger charge is -2.10. The maximum atomic E-state index is 12.8. The number of carbonyl (C=O) groups excluding carboxylic acids is 1. The molecule has 2 aromatic rings. The number of halogens is 1. The van der Waals surface area contributed by atoms with Crippen LogP contribution in [-0.2, 0) is 16.1 Å². The van der Waals surface area contributed by atoms with Gasteiger partial charge in [0.15, 0.2) is 5.96 Å². The molecule has 0 saturated heterocycles. The summed E-state index contributed by atoms with van der Waals surface area (Å²) in [4.78, 5) is 15.8. The van der Waals surface area contributed by atoms with Crippen LogP contribution in [0, 0.1) is 5.82 Å². The molecule has 24 heavy (non-hydrogen) atoms. The maximum Gasteiger partial charge on any atom is 0.246 e. The second kappa shape index (κ2) is 8.64. The van der Waals surface area contributed by atoms with Crippen molar-refractivity contribution in [2.24, 2.45) is 10.7 Å². The number of nitrogens with two attached hydrogens (primary N) is 1. The summed E-state index contributed by atoms with van der Waals surface area (Å²) in [5.41, 5.74) is 7.98. The number of rotatable bonds is 6. The highest BCUT2D eigenvalue weighted by molar-refractivity contribution is 5.97. The smallest absolute Gasteiger partial charge is 0.246 e. The Morgan fingerprint density at radius 2 is 1.88 bits per heavy atom. The summed E-state index contributed by atoms with van der Waals surface area (Å²) in [6.07, 6.45) is 0. The lowest BCUT2D eigenvalue weighted by Crippen LogP contribution is -2.26. The molecule has 4 N–H and O–H groups in total. The summed E-state index contributed by atoms with van der Waals surface area (Å²) in [7, 11) is 1.61. The number of hydrogen-bond acceptors (Lipinski definition) is 3. The molecule has 0 saturated carbocycles. The number of para-hydroxylation sites is 1. The molecule has 0 fully saturated rings. The van der Waals surface area contributed by atoms with Gasteiger partial charge < -0.3 is 21.1 Å². The van der Waals surface area contributed by atoms with Crippen LogP contribution in [0.25, 0.3) is 0 Å². The summed E-state index contributed by atoms with van der Waals surface area (Å²) < 4.78 is 17.9. The fourth-order valence-electron chi connectivity index (χ4n) is 1.99. The number of anilines is 2. The van der Waals surface area contributed by atoms with Gasteiger partial charge in [-0.25, -0.2) is 9.38 Å². The van der Waals surface area contributed by atoms with Gasteiger partial charge in [0, 0.05) is 24.0 Å². The van der Waals surface area contributed by atoms with Crippen LogP contribution in [0.5, 0.6) is 0 Å². The molecule has 1 amide bonds. The topological polar surface area (TPSA) is 88.7 Å². The molecule has 0 aliphatic heterocycles. The van der Waals surface area contributed by atoms with E-state index in [1.165, 1.54) is 24.3 Å². The summed E-state index contributed by atoms with van der Waals surface area (Å²) in [6.45, 7) is 0.282. The zero-order chi connectivity index (χ0) is 17.4. The lowest BCUT2D eigenvalue weighted by atomic mass is 10.2. The quantitative estimate of drug-likeness (QED) is 0.560. The maximum absolute atomic E-state index is 12.8. The molecule has 0 radical (unpaired) electrons. The molecular weight excluding hydrogens is 311 g/mol. The molecule has 6 nitrogen and oxygen atoms in total. The van der Waals surface area contributed by atoms with Crippen LogP contribution in [0.2, 0.25) is 0 Å². The van der Waals surface area contributed by atoms with Crippen molar-refractivity contribution in [1.29, 1.82) is 0 Å². The third kappa shape index (κ3) is 5.36. The molecule has 0 aromatic heterocycles. The Morgan fingerprint density at radius 3 is 2.58 bits per heavy atom. The van der Waals surface area contributed by atoms with Gasteiger partial charge in [0.05, 0.1) is 6.61 Å². The summed E-state index contributed by atoms with van der Waals surface area (Å²) in [6, 6.07) is 13.0. The number of methoxy groups -OCH3 is 1. The van der Waals surface area contributed by atoms with Crippen molar-refractivity contribution in [3.05, 3.63) is 59.9 Å². The summed E-state index contributed by atoms with van der Waals surface area (Å²) in [5.74, 6) is -0.599. The number of benzene rings is 2. The molecule has 2 rings (SSSR count). The number of ether oxygens (including phenoxy) is 1. The monoisotopic (exact) mass is 330 g/mol. The third-order valence-electron chi connectivity index (χ3n) is 3.10. The first-order chi connectivity index (χ1) is 11.6. The van der Waals surface area contributed by atoms with Crippen molar-refractivity contribution >= 4 is 23.2 Å². The van der Waals surface area contributed by atoms with E-state index in [0.717, 1.165) is 11.3 Å². The average Bonchev–Trinajstić information content (AvgIpc) is 2.57. The largest absolute Gasteiger partial charge is 0.380 e. The molecule has 0 heterocycles. The van der Waals surface area contributed by atoms with Crippen molar-refractivity contribution in [1.82, 2.24) is 0 Å². The van der Waals surface area contributed by atoms with Crippen molar-refractivity contribution in [2.75, 3.05) is 24.3 Å². The van der Waals surface area contributed by atoms with E-state index in [2.05, 4.69) is 15.6 Å². The predicted octanol–water partition coefficient (Wildman–Crippen LogP) is 2.34. The van der Waals surface area contributed by atoms with E-state index >= 15 is 0 Å². The van der Waals surface area contributed by atoms with Gasteiger partial charge in [-0.3, -0.25) is 4.79 Å². The van der Waals surface area contributed by atoms with Gasteiger partial charge in [0.2, 0.25) is 5.91 Å². The van der Waals surface area contributed by atoms with E-state index < -0.39 is 0 Å². The molecule has 0 aliphatic rings. The molecular formula is C17H19FN4O2. The third-order valence-corrected chi connectivity index (χ3v) is 3.10. The Hall–Kier alpha value is -2.93. The van der Waals surface area contributed by atoms with Crippen LogP contribution in [0.3, 0.4) is 0 Å². The molecule has 0 aliphatic carbocycles. The lowest BCUT2D eigenvalue weighted by molar-refractivity contribution is -0.114. The van der Waals surface area contributed by atoms with Crippen LogP contribution in [0.1, 0.15) is 5.56 Å². The number of nitrogens with one attached hydrogen (secondary N) is 2. The molecule has 0 spiro atoms. The van der Waals surface area contributed by atoms with Gasteiger partial charge in [0.1, 0.15) is 12.4 Å². The highest BCUT2D eigenvalue weighted by atomic mass is 19.1. The van der Waals surface area contributed by atoms with Crippen molar-refractivity contribution in [3.8, 4) is 0 Å². The van der Waals surface area contributed by atoms with E-state index in [4.69, 9.17) is 10.5 Å². The number of aliphatic imine (C=N–C) groups is 1. The number of nitrogens with zero attached hydrogens (tertiary/aromatic N) is 1. The van der Waals surface area contributed by atoms with Crippen LogP contribution < -0.4 is 16.4 Å². The first-order valence-corrected chi connectivity index (χ1v) is 7.27. The van der Waals surface area contributed by atoms with Gasteiger partial charge in [-0.15, -0.1) is 0 Å². The van der Waals surface area contributed by atoms with Crippen LogP contribution in [0.4, 0.5) is 15.8 Å². The molecule has 7 heteroatoms. The fraction of sp³-hybridized carbons (Fsp3) is 0.176. The summed E-state index contributed by atoms with van der Waals surface area (Å²) >= 11 is 0. The zero-order valence-electron chi connectivity index (χ0n) is 13.3. The van der Waals surface area contributed by atoms with E-state index in [1.807, 2.05) is 24.3 Å². The second-order valence-electron chi connectivity index (χ2n) is 4.97. The van der Waals surface area contributed by atoms with Crippen LogP contribution in [0.15, 0.2) is 53.5 Å². The van der Waals surface area contributed by atoms with E-state index in [0.29, 0.717) is 12.3 Å². The highest BCUT2D eigenvalue weighted by Crippen LogP contribution is 2.15. The van der Waals surface area contributed by atoms with Gasteiger partial charge in [-0.05, 0) is 30.3 Å². The normalized spacial score (nSPS) is 11.2. The number of amides is 1. The Kier molecular flexibility index (Phi) is 6.27. The molecule has 126 valence electrons. The summed E-state index contributed by atoms with van der Waals surface area (Å²) in [5, 5.41) is 5.54. The van der Waals surface area contributed by atoms with Gasteiger partial charge in [0.25, 0.3) is 0 Å². The Labute approximate surface area is 139 Å². The van der Waals surface area contributed by atoms with E-state index in [-0.39, 0.29) is 24.2 Å². The van der Waals surface area contributed by atoms with Crippen molar-refractivity contribution < 1.29 is 13.9 Å². The SMILES string of the molecule is COCc1ccccc1NC(N)=NCC(=O)Nc1ccc(F)cc1. The van der Waals surface area contributed by atoms with Crippen molar-refractivity contribution in [2.45, 2.75) is 6.61 Å². The van der Waals surface area contributed by atoms with Gasteiger partial charge in [-0.2, -0.15) is 0 Å². The average molecular weight is 330 g/mol. The van der Waals surface area contributed by atoms with E-state index in [9.17, 15) is 9.18 Å². The standard InChI is InChI=1S/C17H19FN4O2/c1-24-11-12-4-2-3-5-15(12)22-17(19)20-10-16(23)21-14-8-6-13(18)7-9-14/h2-9H,10-11H2,1H3,(H,21,23)(H3,19,20,22). The number of guanidine groups is 1. The van der Waals surface area contributed by atoms with E-state index in [1.54, 1.807) is 7.11 Å². The zero-order valence-corrected chi connectivity index (χ0v) is 13.3. The van der Waals surface area contributed by atoms with Gasteiger partial charge in [-0.1, -0.05) is 18.2 Å². The number of carbonyl (C=O) groups is 1. The minimum Gasteiger partial charge on any atom is -0.380 e. The van der Waals surface area contributed by atoms with Gasteiger partial charge >= 0.3 is 0 Å². The van der Waals surface area contributed by atoms with Crippen LogP contribution >= 0.6 is 0 Å². The highest BCUT2D eigenvalue weighted by Gasteiger charge is 2.04. The number of hydrogen-bond donors (Lipinski definition) is 3. The Morgan fingerprint density at radius 1 is 1.17 bits per heavy atom.